The standard InChI is InChI=1S/C22H20N4O3/c27-19-13-21(25-16-3-5-17(6-4-16)26-8-10-28-11-9-26)29-20(19)12-15-14-24-22-18(15)2-1-7-23-22/h1-7,12-14,25H,8-11H2,(H,23,24). The number of aromatic amines is 1. The molecule has 2 aromatic heterocycles. The summed E-state index contributed by atoms with van der Waals surface area (Å²) in [5, 5.41) is 4.10. The summed E-state index contributed by atoms with van der Waals surface area (Å²) in [6, 6.07) is 11.9. The van der Waals surface area contributed by atoms with Crippen LogP contribution in [-0.2, 0) is 14.3 Å². The van der Waals surface area contributed by atoms with Crippen LogP contribution >= 0.6 is 0 Å². The van der Waals surface area contributed by atoms with E-state index in [1.54, 1.807) is 12.3 Å². The number of fused-ring (bicyclic) bond motifs is 1. The molecule has 0 atom stereocenters. The minimum absolute atomic E-state index is 0.171. The van der Waals surface area contributed by atoms with E-state index in [-0.39, 0.29) is 11.5 Å². The molecule has 29 heavy (non-hydrogen) atoms. The number of rotatable bonds is 4. The van der Waals surface area contributed by atoms with Gasteiger partial charge in [0.2, 0.25) is 11.7 Å². The van der Waals surface area contributed by atoms with E-state index in [0.717, 1.165) is 54.3 Å². The highest BCUT2D eigenvalue weighted by Crippen LogP contribution is 2.26. The maximum absolute atomic E-state index is 12.3. The molecule has 2 aliphatic heterocycles. The molecule has 0 aliphatic carbocycles. The van der Waals surface area contributed by atoms with Crippen molar-refractivity contribution in [3.63, 3.8) is 0 Å². The molecule has 2 aliphatic rings. The van der Waals surface area contributed by atoms with Crippen molar-refractivity contribution in [1.82, 2.24) is 9.97 Å². The molecule has 0 bridgehead atoms. The predicted molar refractivity (Wildman–Crippen MR) is 111 cm³/mol. The number of H-pyrrole nitrogens is 1. The molecule has 2 N–H and O–H groups in total. The van der Waals surface area contributed by atoms with Crippen LogP contribution in [0.4, 0.5) is 11.4 Å². The average Bonchev–Trinajstić information content (AvgIpc) is 3.33. The molecule has 7 heteroatoms. The van der Waals surface area contributed by atoms with Crippen molar-refractivity contribution in [3.05, 3.63) is 72.1 Å². The summed E-state index contributed by atoms with van der Waals surface area (Å²) in [7, 11) is 0. The Hall–Kier alpha value is -3.58. The van der Waals surface area contributed by atoms with Gasteiger partial charge >= 0.3 is 0 Å². The van der Waals surface area contributed by atoms with Crippen molar-refractivity contribution in [2.75, 3.05) is 36.5 Å². The van der Waals surface area contributed by atoms with Gasteiger partial charge in [0.1, 0.15) is 5.65 Å². The van der Waals surface area contributed by atoms with Crippen LogP contribution in [0.1, 0.15) is 5.56 Å². The normalized spacial score (nSPS) is 18.2. The maximum Gasteiger partial charge on any atom is 0.226 e. The minimum atomic E-state index is -0.171. The predicted octanol–water partition coefficient (Wildman–Crippen LogP) is 3.29. The third-order valence-corrected chi connectivity index (χ3v) is 5.01. The summed E-state index contributed by atoms with van der Waals surface area (Å²) in [6.45, 7) is 3.30. The second-order valence-electron chi connectivity index (χ2n) is 6.90. The third kappa shape index (κ3) is 3.60. The van der Waals surface area contributed by atoms with Crippen molar-refractivity contribution in [1.29, 1.82) is 0 Å². The summed E-state index contributed by atoms with van der Waals surface area (Å²) in [6.07, 6.45) is 6.74. The highest BCUT2D eigenvalue weighted by Gasteiger charge is 2.21. The third-order valence-electron chi connectivity index (χ3n) is 5.01. The summed E-state index contributed by atoms with van der Waals surface area (Å²) >= 11 is 0. The lowest BCUT2D eigenvalue weighted by Gasteiger charge is -2.28. The number of ketones is 1. The van der Waals surface area contributed by atoms with Gasteiger partial charge in [0, 0.05) is 47.8 Å². The quantitative estimate of drug-likeness (QED) is 0.668. The fourth-order valence-electron chi connectivity index (χ4n) is 3.51. The molecule has 3 aromatic rings. The van der Waals surface area contributed by atoms with Crippen molar-refractivity contribution < 1.29 is 14.3 Å². The number of hydrogen-bond donors (Lipinski definition) is 2. The number of hydrogen-bond acceptors (Lipinski definition) is 6. The van der Waals surface area contributed by atoms with Gasteiger partial charge < -0.3 is 24.7 Å². The van der Waals surface area contributed by atoms with Crippen LogP contribution in [-0.4, -0.2) is 42.1 Å². The van der Waals surface area contributed by atoms with Crippen molar-refractivity contribution in [3.8, 4) is 0 Å². The molecule has 7 nitrogen and oxygen atoms in total. The molecule has 0 saturated carbocycles. The first-order valence-electron chi connectivity index (χ1n) is 9.54. The van der Waals surface area contributed by atoms with Crippen molar-refractivity contribution in [2.24, 2.45) is 0 Å². The first-order valence-corrected chi connectivity index (χ1v) is 9.54. The zero-order valence-corrected chi connectivity index (χ0v) is 15.7. The summed E-state index contributed by atoms with van der Waals surface area (Å²) in [5.74, 6) is 0.524. The van der Waals surface area contributed by atoms with Crippen LogP contribution in [0.3, 0.4) is 0 Å². The maximum atomic E-state index is 12.3. The van der Waals surface area contributed by atoms with Crippen LogP contribution in [0.25, 0.3) is 17.1 Å². The van der Waals surface area contributed by atoms with Gasteiger partial charge in [0.25, 0.3) is 0 Å². The first kappa shape index (κ1) is 17.5. The fourth-order valence-corrected chi connectivity index (χ4v) is 3.51. The largest absolute Gasteiger partial charge is 0.437 e. The minimum Gasteiger partial charge on any atom is -0.437 e. The van der Waals surface area contributed by atoms with Gasteiger partial charge in [-0.05, 0) is 42.5 Å². The molecular weight excluding hydrogens is 368 g/mol. The van der Waals surface area contributed by atoms with E-state index in [9.17, 15) is 4.79 Å². The Morgan fingerprint density at radius 3 is 2.79 bits per heavy atom. The van der Waals surface area contributed by atoms with E-state index < -0.39 is 0 Å². The zero-order chi connectivity index (χ0) is 19.6. The molecule has 1 saturated heterocycles. The van der Waals surface area contributed by atoms with Crippen LogP contribution in [0, 0.1) is 0 Å². The molecule has 0 amide bonds. The van der Waals surface area contributed by atoms with Crippen molar-refractivity contribution in [2.45, 2.75) is 0 Å². The van der Waals surface area contributed by atoms with Gasteiger partial charge in [-0.25, -0.2) is 4.98 Å². The Bertz CT molecular complexity index is 1110. The molecule has 5 rings (SSSR count). The topological polar surface area (TPSA) is 79.5 Å². The lowest BCUT2D eigenvalue weighted by Crippen LogP contribution is -2.36. The lowest BCUT2D eigenvalue weighted by molar-refractivity contribution is -0.112. The van der Waals surface area contributed by atoms with E-state index in [0.29, 0.717) is 5.88 Å². The number of ether oxygens (including phenoxy) is 2. The van der Waals surface area contributed by atoms with E-state index >= 15 is 0 Å². The second-order valence-corrected chi connectivity index (χ2v) is 6.90. The number of nitrogens with one attached hydrogen (secondary N) is 2. The van der Waals surface area contributed by atoms with Gasteiger partial charge in [0.05, 0.1) is 19.3 Å². The number of carbonyl (C=O) groups excluding carboxylic acids is 1. The molecular formula is C22H20N4O3. The molecule has 146 valence electrons. The second kappa shape index (κ2) is 7.44. The molecule has 0 spiro atoms. The summed E-state index contributed by atoms with van der Waals surface area (Å²) in [5.41, 5.74) is 3.65. The number of pyridine rings is 1. The van der Waals surface area contributed by atoms with Crippen LogP contribution < -0.4 is 10.2 Å². The smallest absolute Gasteiger partial charge is 0.226 e. The van der Waals surface area contributed by atoms with Gasteiger partial charge in [-0.2, -0.15) is 0 Å². The molecule has 4 heterocycles. The van der Waals surface area contributed by atoms with Crippen LogP contribution in [0.15, 0.2) is 66.5 Å². The van der Waals surface area contributed by atoms with E-state index in [2.05, 4.69) is 32.3 Å². The highest BCUT2D eigenvalue weighted by atomic mass is 16.5. The van der Waals surface area contributed by atoms with Crippen molar-refractivity contribution >= 4 is 34.3 Å². The number of aromatic nitrogens is 2. The lowest BCUT2D eigenvalue weighted by atomic mass is 10.2. The summed E-state index contributed by atoms with van der Waals surface area (Å²) in [4.78, 5) is 22.0. The van der Waals surface area contributed by atoms with E-state index in [4.69, 9.17) is 9.47 Å². The number of anilines is 2. The fraction of sp³-hybridized carbons (Fsp3) is 0.182. The van der Waals surface area contributed by atoms with Gasteiger partial charge in [-0.3, -0.25) is 4.79 Å². The Morgan fingerprint density at radius 2 is 1.97 bits per heavy atom. The number of morpholine rings is 1. The molecule has 0 radical (unpaired) electrons. The summed E-state index contributed by atoms with van der Waals surface area (Å²) < 4.78 is 11.1. The Labute approximate surface area is 167 Å². The van der Waals surface area contributed by atoms with Crippen LogP contribution in [0.5, 0.6) is 0 Å². The Kier molecular flexibility index (Phi) is 4.50. The highest BCUT2D eigenvalue weighted by molar-refractivity contribution is 6.09. The number of allylic oxidation sites excluding steroid dienone is 1. The molecule has 1 fully saturated rings. The number of nitrogens with zero attached hydrogens (tertiary/aromatic N) is 2. The van der Waals surface area contributed by atoms with Gasteiger partial charge in [0.15, 0.2) is 5.76 Å². The Balaban J connectivity index is 1.28. The number of carbonyl (C=O) groups is 1. The van der Waals surface area contributed by atoms with Crippen LogP contribution in [0.2, 0.25) is 0 Å². The monoisotopic (exact) mass is 388 g/mol. The average molecular weight is 388 g/mol. The Morgan fingerprint density at radius 1 is 1.14 bits per heavy atom. The van der Waals surface area contributed by atoms with E-state index in [1.165, 1.54) is 6.08 Å². The van der Waals surface area contributed by atoms with Gasteiger partial charge in [-0.15, -0.1) is 0 Å². The van der Waals surface area contributed by atoms with Gasteiger partial charge in [-0.1, -0.05) is 0 Å². The first-order chi connectivity index (χ1) is 14.3. The zero-order valence-electron chi connectivity index (χ0n) is 15.7. The molecule has 1 aromatic carbocycles. The SMILES string of the molecule is O=C1C=C(Nc2ccc(N3CCOCC3)cc2)OC1=Cc1c[nH]c2ncccc12. The molecule has 0 unspecified atom stereocenters. The number of benzene rings is 1. The van der Waals surface area contributed by atoms with E-state index in [1.807, 2.05) is 30.5 Å².